The van der Waals surface area contributed by atoms with Crippen LogP contribution in [0.5, 0.6) is 0 Å². The quantitative estimate of drug-likeness (QED) is 0.863. The van der Waals surface area contributed by atoms with Crippen molar-refractivity contribution in [3.05, 3.63) is 35.6 Å². The smallest absolute Gasteiger partial charge is 0.407 e. The summed E-state index contributed by atoms with van der Waals surface area (Å²) in [4.78, 5) is 25.4. The van der Waals surface area contributed by atoms with Crippen molar-refractivity contribution in [2.75, 3.05) is 25.6 Å². The first-order chi connectivity index (χ1) is 10.6. The number of piperidine rings is 1. The normalized spacial score (nSPS) is 15.5. The molecule has 120 valence electrons. The molecule has 1 aliphatic rings. The fourth-order valence-electron chi connectivity index (χ4n) is 2.34. The van der Waals surface area contributed by atoms with Gasteiger partial charge in [0.05, 0.1) is 5.88 Å². The second-order valence-corrected chi connectivity index (χ2v) is 5.42. The number of ether oxygens (including phenoxy) is 1. The van der Waals surface area contributed by atoms with Crippen LogP contribution in [0.4, 0.5) is 9.18 Å². The zero-order valence-electron chi connectivity index (χ0n) is 12.1. The van der Waals surface area contributed by atoms with E-state index in [1.165, 1.54) is 24.3 Å². The number of carbonyl (C=O) groups excluding carboxylic acids is 2. The molecule has 0 atom stereocenters. The van der Waals surface area contributed by atoms with E-state index >= 15 is 0 Å². The summed E-state index contributed by atoms with van der Waals surface area (Å²) in [5.41, 5.74) is 0.467. The minimum Gasteiger partial charge on any atom is -0.448 e. The van der Waals surface area contributed by atoms with Crippen molar-refractivity contribution in [2.45, 2.75) is 18.9 Å². The van der Waals surface area contributed by atoms with Crippen molar-refractivity contribution in [1.29, 1.82) is 0 Å². The number of benzene rings is 1. The number of rotatable bonds is 4. The molecule has 0 aliphatic carbocycles. The van der Waals surface area contributed by atoms with E-state index < -0.39 is 6.09 Å². The number of halogens is 2. The highest BCUT2D eigenvalue weighted by Crippen LogP contribution is 2.14. The number of amides is 2. The summed E-state index contributed by atoms with van der Waals surface area (Å²) >= 11 is 5.44. The van der Waals surface area contributed by atoms with Gasteiger partial charge in [-0.1, -0.05) is 0 Å². The summed E-state index contributed by atoms with van der Waals surface area (Å²) in [6, 6.07) is 5.49. The van der Waals surface area contributed by atoms with Crippen LogP contribution in [0.25, 0.3) is 0 Å². The van der Waals surface area contributed by atoms with Crippen molar-refractivity contribution in [1.82, 2.24) is 10.2 Å². The highest BCUT2D eigenvalue weighted by Gasteiger charge is 2.24. The molecular weight excluding hydrogens is 311 g/mol. The summed E-state index contributed by atoms with van der Waals surface area (Å²) in [5.74, 6) is -0.226. The summed E-state index contributed by atoms with van der Waals surface area (Å²) in [7, 11) is 0. The molecule has 1 N–H and O–H groups in total. The standard InChI is InChI=1S/C15H18ClFN2O3/c16-7-10-22-15(21)18-13-5-8-19(9-6-13)14(20)11-1-3-12(17)4-2-11/h1-4,13H,5-10H2,(H,18,21). The van der Waals surface area contributed by atoms with E-state index in [1.54, 1.807) is 4.90 Å². The minimum atomic E-state index is -0.482. The first-order valence-electron chi connectivity index (χ1n) is 7.14. The van der Waals surface area contributed by atoms with Crippen molar-refractivity contribution in [3.8, 4) is 0 Å². The van der Waals surface area contributed by atoms with Crippen LogP contribution in [-0.4, -0.2) is 48.5 Å². The number of likely N-dealkylation sites (tertiary alicyclic amines) is 1. The second kappa shape index (κ2) is 7.98. The third kappa shape index (κ3) is 4.59. The van der Waals surface area contributed by atoms with Gasteiger partial charge in [-0.25, -0.2) is 9.18 Å². The lowest BCUT2D eigenvalue weighted by Gasteiger charge is -2.32. The number of carbonyl (C=O) groups is 2. The largest absolute Gasteiger partial charge is 0.448 e. The molecule has 2 amide bonds. The zero-order valence-corrected chi connectivity index (χ0v) is 12.8. The van der Waals surface area contributed by atoms with E-state index in [4.69, 9.17) is 16.3 Å². The molecule has 1 fully saturated rings. The fourth-order valence-corrected chi connectivity index (χ4v) is 2.42. The predicted molar refractivity (Wildman–Crippen MR) is 80.5 cm³/mol. The molecule has 1 aromatic rings. The van der Waals surface area contributed by atoms with Crippen molar-refractivity contribution >= 4 is 23.6 Å². The maximum Gasteiger partial charge on any atom is 0.407 e. The Labute approximate surface area is 133 Å². The summed E-state index contributed by atoms with van der Waals surface area (Å²) in [5, 5.41) is 2.75. The third-order valence-electron chi connectivity index (χ3n) is 3.51. The van der Waals surface area contributed by atoms with Crippen LogP contribution in [-0.2, 0) is 4.74 Å². The summed E-state index contributed by atoms with van der Waals surface area (Å²) < 4.78 is 17.7. The van der Waals surface area contributed by atoms with Crippen LogP contribution >= 0.6 is 11.6 Å². The fraction of sp³-hybridized carbons (Fsp3) is 0.467. The number of hydrogen-bond acceptors (Lipinski definition) is 3. The molecule has 0 aromatic heterocycles. The van der Waals surface area contributed by atoms with Gasteiger partial charge in [0.1, 0.15) is 12.4 Å². The van der Waals surface area contributed by atoms with E-state index in [0.717, 1.165) is 0 Å². The van der Waals surface area contributed by atoms with Gasteiger partial charge in [-0.15, -0.1) is 11.6 Å². The van der Waals surface area contributed by atoms with Gasteiger partial charge >= 0.3 is 6.09 Å². The monoisotopic (exact) mass is 328 g/mol. The Bertz CT molecular complexity index is 516. The summed E-state index contributed by atoms with van der Waals surface area (Å²) in [6.45, 7) is 1.25. The van der Waals surface area contributed by atoms with E-state index in [2.05, 4.69) is 5.32 Å². The van der Waals surface area contributed by atoms with Gasteiger partial charge in [-0.3, -0.25) is 4.79 Å². The molecule has 2 rings (SSSR count). The Morgan fingerprint density at radius 3 is 2.50 bits per heavy atom. The van der Waals surface area contributed by atoms with Crippen molar-refractivity contribution < 1.29 is 18.7 Å². The maximum absolute atomic E-state index is 12.9. The van der Waals surface area contributed by atoms with Crippen LogP contribution in [0.15, 0.2) is 24.3 Å². The SMILES string of the molecule is O=C(NC1CCN(C(=O)c2ccc(F)cc2)CC1)OCCCl. The van der Waals surface area contributed by atoms with Crippen LogP contribution in [0.1, 0.15) is 23.2 Å². The van der Waals surface area contributed by atoms with Gasteiger partial charge in [0.2, 0.25) is 0 Å². The van der Waals surface area contributed by atoms with E-state index in [1.807, 2.05) is 0 Å². The van der Waals surface area contributed by atoms with Gasteiger partial charge in [-0.05, 0) is 37.1 Å². The van der Waals surface area contributed by atoms with E-state index in [9.17, 15) is 14.0 Å². The molecule has 5 nitrogen and oxygen atoms in total. The lowest BCUT2D eigenvalue weighted by molar-refractivity contribution is 0.0702. The minimum absolute atomic E-state index is 0.0138. The zero-order chi connectivity index (χ0) is 15.9. The molecular formula is C15H18ClFN2O3. The van der Waals surface area contributed by atoms with Crippen molar-refractivity contribution in [3.63, 3.8) is 0 Å². The molecule has 0 radical (unpaired) electrons. The van der Waals surface area contributed by atoms with Gasteiger partial charge in [0, 0.05) is 24.7 Å². The molecule has 0 unspecified atom stereocenters. The van der Waals surface area contributed by atoms with Gasteiger partial charge in [0.25, 0.3) is 5.91 Å². The maximum atomic E-state index is 12.9. The number of alkyl carbamates (subject to hydrolysis) is 1. The highest BCUT2D eigenvalue weighted by molar-refractivity contribution is 6.18. The van der Waals surface area contributed by atoms with Crippen LogP contribution in [0, 0.1) is 5.82 Å². The van der Waals surface area contributed by atoms with Gasteiger partial charge in [0.15, 0.2) is 0 Å². The Morgan fingerprint density at radius 2 is 1.91 bits per heavy atom. The van der Waals surface area contributed by atoms with E-state index in [-0.39, 0.29) is 30.3 Å². The second-order valence-electron chi connectivity index (χ2n) is 5.04. The Balaban J connectivity index is 1.80. The molecule has 7 heteroatoms. The Hall–Kier alpha value is -1.82. The summed E-state index contributed by atoms with van der Waals surface area (Å²) in [6.07, 6.45) is 0.829. The van der Waals surface area contributed by atoms with Gasteiger partial charge in [-0.2, -0.15) is 0 Å². The average molecular weight is 329 g/mol. The van der Waals surface area contributed by atoms with Crippen molar-refractivity contribution in [2.24, 2.45) is 0 Å². The molecule has 1 aliphatic heterocycles. The number of alkyl halides is 1. The molecule has 0 spiro atoms. The van der Waals surface area contributed by atoms with Gasteiger partial charge < -0.3 is 15.0 Å². The molecule has 1 saturated heterocycles. The van der Waals surface area contributed by atoms with Crippen LogP contribution in [0.3, 0.4) is 0 Å². The Kier molecular flexibility index (Phi) is 6.00. The van der Waals surface area contributed by atoms with E-state index in [0.29, 0.717) is 31.5 Å². The average Bonchev–Trinajstić information content (AvgIpc) is 2.54. The Morgan fingerprint density at radius 1 is 1.27 bits per heavy atom. The van der Waals surface area contributed by atoms with Crippen LogP contribution < -0.4 is 5.32 Å². The molecule has 0 saturated carbocycles. The molecule has 1 aromatic carbocycles. The third-order valence-corrected chi connectivity index (χ3v) is 3.66. The molecule has 22 heavy (non-hydrogen) atoms. The number of nitrogens with one attached hydrogen (secondary N) is 1. The first kappa shape index (κ1) is 16.5. The molecule has 1 heterocycles. The van der Waals surface area contributed by atoms with Crippen LogP contribution in [0.2, 0.25) is 0 Å². The predicted octanol–water partition coefficient (Wildman–Crippen LogP) is 2.40. The highest BCUT2D eigenvalue weighted by atomic mass is 35.5. The first-order valence-corrected chi connectivity index (χ1v) is 7.67. The lowest BCUT2D eigenvalue weighted by atomic mass is 10.0. The lowest BCUT2D eigenvalue weighted by Crippen LogP contribution is -2.46. The topological polar surface area (TPSA) is 58.6 Å². The number of nitrogens with zero attached hydrogens (tertiary/aromatic N) is 1. The molecule has 0 bridgehead atoms. The number of hydrogen-bond donors (Lipinski definition) is 1.